The summed E-state index contributed by atoms with van der Waals surface area (Å²) in [4.78, 5) is 2.36. The van der Waals surface area contributed by atoms with Crippen molar-refractivity contribution in [3.63, 3.8) is 0 Å². The molecule has 290 valence electrons. The molecule has 0 radical (unpaired) electrons. The second kappa shape index (κ2) is 14.8. The van der Waals surface area contributed by atoms with Crippen LogP contribution in [0.15, 0.2) is 241 Å². The van der Waals surface area contributed by atoms with Gasteiger partial charge in [-0.2, -0.15) is 0 Å². The summed E-state index contributed by atoms with van der Waals surface area (Å²) in [6.45, 7) is 0. The number of benzene rings is 11. The van der Waals surface area contributed by atoms with Crippen molar-refractivity contribution in [3.05, 3.63) is 237 Å². The highest BCUT2D eigenvalue weighted by atomic mass is 16.3. The van der Waals surface area contributed by atoms with E-state index in [0.717, 1.165) is 44.6 Å². The quantitative estimate of drug-likeness (QED) is 0.150. The van der Waals surface area contributed by atoms with E-state index in [0.29, 0.717) is 0 Å². The molecule has 0 atom stereocenters. The summed E-state index contributed by atoms with van der Waals surface area (Å²) in [5, 5.41) is 9.58. The van der Waals surface area contributed by atoms with E-state index in [4.69, 9.17) is 4.42 Å². The first-order valence-electron chi connectivity index (χ1n) is 21.2. The van der Waals surface area contributed by atoms with E-state index in [1.165, 1.54) is 71.3 Å². The van der Waals surface area contributed by atoms with Crippen LogP contribution in [0.5, 0.6) is 0 Å². The van der Waals surface area contributed by atoms with Gasteiger partial charge in [-0.25, -0.2) is 0 Å². The predicted octanol–water partition coefficient (Wildman–Crippen LogP) is 17.2. The minimum atomic E-state index is 0.855. The van der Waals surface area contributed by atoms with E-state index in [1.54, 1.807) is 0 Å². The van der Waals surface area contributed by atoms with Gasteiger partial charge in [0.05, 0.1) is 5.69 Å². The van der Waals surface area contributed by atoms with Crippen molar-refractivity contribution in [2.45, 2.75) is 0 Å². The average Bonchev–Trinajstić information content (AvgIpc) is 3.74. The number of rotatable bonds is 7. The Morgan fingerprint density at radius 1 is 0.274 bits per heavy atom. The maximum Gasteiger partial charge on any atom is 0.159 e. The van der Waals surface area contributed by atoms with E-state index in [-0.39, 0.29) is 0 Å². The molecule has 0 bridgehead atoms. The van der Waals surface area contributed by atoms with Crippen LogP contribution in [0.4, 0.5) is 17.1 Å². The maximum absolute atomic E-state index is 6.75. The predicted molar refractivity (Wildman–Crippen MR) is 263 cm³/mol. The second-order valence-electron chi connectivity index (χ2n) is 16.0. The lowest BCUT2D eigenvalue weighted by atomic mass is 9.85. The molecule has 0 unspecified atom stereocenters. The normalized spacial score (nSPS) is 11.5. The largest absolute Gasteiger partial charge is 0.454 e. The number of nitrogens with zero attached hydrogens (tertiary/aromatic N) is 1. The van der Waals surface area contributed by atoms with Crippen LogP contribution in [0.2, 0.25) is 0 Å². The third kappa shape index (κ3) is 6.04. The molecule has 0 aliphatic heterocycles. The molecule has 2 heteroatoms. The summed E-state index contributed by atoms with van der Waals surface area (Å²) in [7, 11) is 0. The number of para-hydroxylation sites is 2. The van der Waals surface area contributed by atoms with Crippen LogP contribution in [-0.2, 0) is 0 Å². The van der Waals surface area contributed by atoms with Gasteiger partial charge in [0.1, 0.15) is 5.58 Å². The number of furan rings is 1. The van der Waals surface area contributed by atoms with Crippen LogP contribution in [0.25, 0.3) is 98.8 Å². The lowest BCUT2D eigenvalue weighted by Crippen LogP contribution is -2.10. The SMILES string of the molecule is c1ccc(-c2c(-c3ccccc3)c3cc(N(c4ccc(-c5ccc(-c6ccc7ccccc7c6)cc5)cc4)c4cccc5c4oc4ccccc45)ccc3c3ccccc23)cc1. The van der Waals surface area contributed by atoms with Gasteiger partial charge in [0.25, 0.3) is 0 Å². The molecule has 62 heavy (non-hydrogen) atoms. The Kier molecular flexibility index (Phi) is 8.53. The zero-order chi connectivity index (χ0) is 41.0. The first-order valence-corrected chi connectivity index (χ1v) is 21.2. The van der Waals surface area contributed by atoms with E-state index in [9.17, 15) is 0 Å². The minimum absolute atomic E-state index is 0.855. The summed E-state index contributed by atoms with van der Waals surface area (Å²) in [5.41, 5.74) is 14.4. The van der Waals surface area contributed by atoms with Gasteiger partial charge in [-0.3, -0.25) is 0 Å². The second-order valence-corrected chi connectivity index (χ2v) is 16.0. The Balaban J connectivity index is 1.04. The molecular weight excluding hydrogens is 751 g/mol. The van der Waals surface area contributed by atoms with Crippen LogP contribution in [0.3, 0.4) is 0 Å². The first kappa shape index (κ1) is 35.7. The molecule has 1 heterocycles. The Hall–Kier alpha value is -8.20. The van der Waals surface area contributed by atoms with E-state index < -0.39 is 0 Å². The van der Waals surface area contributed by atoms with Crippen LogP contribution in [-0.4, -0.2) is 0 Å². The molecule has 0 aliphatic rings. The van der Waals surface area contributed by atoms with Crippen molar-refractivity contribution in [2.24, 2.45) is 0 Å². The fourth-order valence-electron chi connectivity index (χ4n) is 9.49. The smallest absolute Gasteiger partial charge is 0.159 e. The summed E-state index contributed by atoms with van der Waals surface area (Å²) in [6, 6.07) is 85.4. The first-order chi connectivity index (χ1) is 30.7. The Labute approximate surface area is 360 Å². The molecule has 0 saturated carbocycles. The highest BCUT2D eigenvalue weighted by Crippen LogP contribution is 2.48. The van der Waals surface area contributed by atoms with Gasteiger partial charge in [-0.15, -0.1) is 0 Å². The van der Waals surface area contributed by atoms with Crippen molar-refractivity contribution in [1.82, 2.24) is 0 Å². The van der Waals surface area contributed by atoms with Crippen molar-refractivity contribution < 1.29 is 4.42 Å². The molecule has 1 aromatic heterocycles. The third-order valence-corrected chi connectivity index (χ3v) is 12.4. The van der Waals surface area contributed by atoms with Gasteiger partial charge in [0, 0.05) is 22.1 Å². The summed E-state index contributed by atoms with van der Waals surface area (Å²) in [5.74, 6) is 0. The van der Waals surface area contributed by atoms with Crippen molar-refractivity contribution in [2.75, 3.05) is 4.90 Å². The fourth-order valence-corrected chi connectivity index (χ4v) is 9.49. The van der Waals surface area contributed by atoms with Crippen molar-refractivity contribution >= 4 is 71.3 Å². The molecule has 0 saturated heterocycles. The van der Waals surface area contributed by atoms with Crippen LogP contribution in [0, 0.1) is 0 Å². The molecule has 12 aromatic rings. The third-order valence-electron chi connectivity index (χ3n) is 12.4. The van der Waals surface area contributed by atoms with Crippen molar-refractivity contribution in [1.29, 1.82) is 0 Å². The van der Waals surface area contributed by atoms with Gasteiger partial charge in [-0.1, -0.05) is 194 Å². The van der Waals surface area contributed by atoms with Crippen LogP contribution in [0.1, 0.15) is 0 Å². The van der Waals surface area contributed by atoms with Crippen molar-refractivity contribution in [3.8, 4) is 44.5 Å². The highest BCUT2D eigenvalue weighted by Gasteiger charge is 2.23. The molecule has 2 nitrogen and oxygen atoms in total. The van der Waals surface area contributed by atoms with Gasteiger partial charge in [0.2, 0.25) is 0 Å². The fraction of sp³-hybridized carbons (Fsp3) is 0. The summed E-state index contributed by atoms with van der Waals surface area (Å²) in [6.07, 6.45) is 0. The minimum Gasteiger partial charge on any atom is -0.454 e. The number of hydrogen-bond donors (Lipinski definition) is 0. The van der Waals surface area contributed by atoms with Crippen LogP contribution >= 0.6 is 0 Å². The van der Waals surface area contributed by atoms with E-state index in [1.807, 2.05) is 6.07 Å². The Morgan fingerprint density at radius 2 is 0.790 bits per heavy atom. The molecule has 0 amide bonds. The number of anilines is 3. The summed E-state index contributed by atoms with van der Waals surface area (Å²) < 4.78 is 6.75. The average molecular weight is 790 g/mol. The maximum atomic E-state index is 6.75. The van der Waals surface area contributed by atoms with Gasteiger partial charge in [-0.05, 0) is 119 Å². The molecule has 0 fully saturated rings. The molecular formula is C60H39NO. The molecule has 0 spiro atoms. The molecule has 0 aliphatic carbocycles. The standard InChI is InChI=1S/C60H39NO/c1-3-15-44(16-4-1)58-53-22-10-9-20-50(53)51-37-36-49(39-55(51)59(58)45-17-5-2-6-18-45)61(56-24-13-23-54-52-21-11-12-25-57(52)62-60(54)56)48-34-32-42(33-35-48)41-26-28-43(29-27-41)47-31-30-40-14-7-8-19-46(40)38-47/h1-39H. The van der Waals surface area contributed by atoms with Crippen LogP contribution < -0.4 is 4.90 Å². The van der Waals surface area contributed by atoms with Gasteiger partial charge >= 0.3 is 0 Å². The number of hydrogen-bond acceptors (Lipinski definition) is 2. The lowest BCUT2D eigenvalue weighted by Gasteiger charge is -2.27. The molecule has 0 N–H and O–H groups in total. The molecule has 12 rings (SSSR count). The van der Waals surface area contributed by atoms with Gasteiger partial charge < -0.3 is 9.32 Å². The van der Waals surface area contributed by atoms with E-state index >= 15 is 0 Å². The monoisotopic (exact) mass is 789 g/mol. The Bertz CT molecular complexity index is 3610. The Morgan fingerprint density at radius 3 is 1.52 bits per heavy atom. The summed E-state index contributed by atoms with van der Waals surface area (Å²) >= 11 is 0. The zero-order valence-electron chi connectivity index (χ0n) is 33.9. The zero-order valence-corrected chi connectivity index (χ0v) is 33.9. The van der Waals surface area contributed by atoms with E-state index in [2.05, 4.69) is 235 Å². The highest BCUT2D eigenvalue weighted by molar-refractivity contribution is 6.22. The lowest BCUT2D eigenvalue weighted by molar-refractivity contribution is 0.669. The molecule has 11 aromatic carbocycles. The van der Waals surface area contributed by atoms with Gasteiger partial charge in [0.15, 0.2) is 5.58 Å². The number of fused-ring (bicyclic) bond motifs is 7. The topological polar surface area (TPSA) is 16.4 Å².